The van der Waals surface area contributed by atoms with Crippen LogP contribution in [0.1, 0.15) is 102 Å². The van der Waals surface area contributed by atoms with Gasteiger partial charge in [0.1, 0.15) is 5.58 Å². The highest BCUT2D eigenvalue weighted by Gasteiger charge is 2.49. The molecule has 0 amide bonds. The standard InChI is InChI=1S/C48H41BN2OS/c1-3-12-32-26-40(36(28-20-21-28)24-30(32)10-1)50-38-16-9-17-39-45(38)49(47-46(50)34-14-5-7-18-42(34)52-47)44-35-15-6-8-19-43(35)53-48(44)51(39)41-27-33-13-4-2-11-31(33)25-37(41)29-22-23-29/h5-9,14-19,24-29H,1-4,10-13,20-23H2/i24D,25D,26D,27D. The molecule has 7 aromatic rings. The van der Waals surface area contributed by atoms with Gasteiger partial charge in [-0.2, -0.15) is 0 Å². The normalized spacial score (nSPS) is 19.6. The maximum atomic E-state index is 10.1. The molecule has 0 radical (unpaired) electrons. The summed E-state index contributed by atoms with van der Waals surface area (Å²) in [5.41, 5.74) is 15.2. The number of para-hydroxylation sites is 1. The Morgan fingerprint density at radius 1 is 0.585 bits per heavy atom. The Morgan fingerprint density at radius 3 is 1.81 bits per heavy atom. The lowest BCUT2D eigenvalue weighted by Crippen LogP contribution is -2.60. The van der Waals surface area contributed by atoms with Crippen LogP contribution >= 0.6 is 11.3 Å². The van der Waals surface area contributed by atoms with E-state index in [2.05, 4.69) is 70.5 Å². The van der Waals surface area contributed by atoms with Crippen molar-refractivity contribution in [2.75, 3.05) is 9.80 Å². The van der Waals surface area contributed by atoms with Crippen molar-refractivity contribution in [1.82, 2.24) is 0 Å². The first-order valence-electron chi connectivity index (χ1n) is 22.0. The summed E-state index contributed by atoms with van der Waals surface area (Å²) in [7, 11) is 0. The number of furan rings is 1. The molecule has 4 heterocycles. The predicted molar refractivity (Wildman–Crippen MR) is 223 cm³/mol. The van der Waals surface area contributed by atoms with Gasteiger partial charge in [-0.25, -0.2) is 0 Å². The third-order valence-corrected chi connectivity index (χ3v) is 14.2. The molecule has 3 nitrogen and oxygen atoms in total. The Kier molecular flexibility index (Phi) is 5.38. The second kappa shape index (κ2) is 10.9. The number of hydrogen-bond donors (Lipinski definition) is 0. The van der Waals surface area contributed by atoms with Gasteiger partial charge in [-0.1, -0.05) is 48.5 Å². The topological polar surface area (TPSA) is 19.6 Å². The van der Waals surface area contributed by atoms with Gasteiger partial charge in [0.05, 0.1) is 27.5 Å². The molecule has 0 N–H and O–H groups in total. The lowest BCUT2D eigenvalue weighted by atomic mass is 9.35. The van der Waals surface area contributed by atoms with Gasteiger partial charge in [0.2, 0.25) is 0 Å². The first kappa shape index (κ1) is 26.1. The zero-order valence-electron chi connectivity index (χ0n) is 33.8. The predicted octanol–water partition coefficient (Wildman–Crippen LogP) is 11.2. The quantitative estimate of drug-likeness (QED) is 0.170. The van der Waals surface area contributed by atoms with E-state index in [1.165, 1.54) is 15.5 Å². The second-order valence-electron chi connectivity index (χ2n) is 16.3. The highest BCUT2D eigenvalue weighted by molar-refractivity contribution is 7.26. The molecule has 0 atom stereocenters. The molecule has 6 aliphatic rings. The van der Waals surface area contributed by atoms with Crippen molar-refractivity contribution in [2.45, 2.75) is 88.9 Å². The van der Waals surface area contributed by atoms with Crippen LogP contribution < -0.4 is 26.4 Å². The molecule has 53 heavy (non-hydrogen) atoms. The van der Waals surface area contributed by atoms with Crippen molar-refractivity contribution in [3.05, 3.63) is 124 Å². The Bertz CT molecular complexity index is 2930. The Hall–Kier alpha value is -4.74. The van der Waals surface area contributed by atoms with Crippen molar-refractivity contribution >= 4 is 89.1 Å². The zero-order chi connectivity index (χ0) is 37.8. The Morgan fingerprint density at radius 2 is 1.15 bits per heavy atom. The van der Waals surface area contributed by atoms with E-state index in [-0.39, 0.29) is 18.5 Å². The number of nitrogens with zero attached hydrogens (tertiary/aromatic N) is 2. The van der Waals surface area contributed by atoms with Crippen LogP contribution in [0.25, 0.3) is 21.1 Å². The number of thiophene rings is 1. The lowest BCUT2D eigenvalue weighted by molar-refractivity contribution is 0.651. The first-order chi connectivity index (χ1) is 28.0. The molecule has 0 spiro atoms. The number of rotatable bonds is 4. The summed E-state index contributed by atoms with van der Waals surface area (Å²) in [6, 6.07) is 26.2. The van der Waals surface area contributed by atoms with E-state index >= 15 is 0 Å². The van der Waals surface area contributed by atoms with Crippen LogP contribution in [0, 0.1) is 0 Å². The highest BCUT2D eigenvalue weighted by atomic mass is 32.1. The average molecular weight is 709 g/mol. The molecule has 2 aliphatic heterocycles. The van der Waals surface area contributed by atoms with Crippen LogP contribution in [0.2, 0.25) is 0 Å². The minimum Gasteiger partial charge on any atom is -0.468 e. The van der Waals surface area contributed by atoms with Crippen molar-refractivity contribution in [3.8, 4) is 0 Å². The summed E-state index contributed by atoms with van der Waals surface area (Å²) in [4.78, 5) is 4.75. The van der Waals surface area contributed by atoms with Crippen molar-refractivity contribution in [3.63, 3.8) is 0 Å². The van der Waals surface area contributed by atoms with Gasteiger partial charge in [0, 0.05) is 27.1 Å². The molecular weight excluding hydrogens is 663 g/mol. The van der Waals surface area contributed by atoms with E-state index in [1.807, 2.05) is 6.07 Å². The van der Waals surface area contributed by atoms with Gasteiger partial charge in [-0.15, -0.1) is 11.3 Å². The number of anilines is 6. The van der Waals surface area contributed by atoms with Gasteiger partial charge >= 0.3 is 0 Å². The van der Waals surface area contributed by atoms with Crippen molar-refractivity contribution in [1.29, 1.82) is 0 Å². The van der Waals surface area contributed by atoms with Crippen LogP contribution in [0.3, 0.4) is 0 Å². The van der Waals surface area contributed by atoms with E-state index in [0.29, 0.717) is 24.2 Å². The minimum atomic E-state index is -0.226. The summed E-state index contributed by atoms with van der Waals surface area (Å²) in [5.74, 6) is 0.555. The maximum absolute atomic E-state index is 10.1. The fourth-order valence-electron chi connectivity index (χ4n) is 10.2. The minimum absolute atomic E-state index is 0.226. The average Bonchev–Trinajstić information content (AvgIpc) is 4.19. The number of hydrogen-bond acceptors (Lipinski definition) is 4. The van der Waals surface area contributed by atoms with Crippen molar-refractivity contribution in [2.24, 2.45) is 0 Å². The zero-order valence-corrected chi connectivity index (χ0v) is 30.6. The van der Waals surface area contributed by atoms with Gasteiger partial charge in [0.25, 0.3) is 6.71 Å². The lowest BCUT2D eigenvalue weighted by Gasteiger charge is -2.42. The summed E-state index contributed by atoms with van der Waals surface area (Å²) in [6.07, 6.45) is 11.9. The molecule has 0 unspecified atom stereocenters. The van der Waals surface area contributed by atoms with Crippen LogP contribution in [0.5, 0.6) is 0 Å². The monoisotopic (exact) mass is 708 g/mol. The van der Waals surface area contributed by atoms with Crippen molar-refractivity contribution < 1.29 is 9.90 Å². The molecule has 0 saturated heterocycles. The number of benzene rings is 5. The van der Waals surface area contributed by atoms with Crippen LogP contribution in [0.4, 0.5) is 33.4 Å². The van der Waals surface area contributed by atoms with Crippen LogP contribution in [-0.4, -0.2) is 6.71 Å². The molecule has 2 fully saturated rings. The SMILES string of the molecule is [2H]c1c2c(c([2H])c(N3c4cccc5c4B(c4oc6ccccc6c4N5c4c([2H])c5c(c([2H])c4C4CC4)CCCC5)c4c3sc3ccccc43)c1C1CC1)CCCC2. The first-order valence-corrected chi connectivity index (χ1v) is 20.9. The second-order valence-corrected chi connectivity index (χ2v) is 17.4. The molecule has 2 aromatic heterocycles. The third kappa shape index (κ3) is 4.23. The van der Waals surface area contributed by atoms with E-state index < -0.39 is 0 Å². The molecule has 2 saturated carbocycles. The molecule has 13 rings (SSSR count). The van der Waals surface area contributed by atoms with E-state index in [9.17, 15) is 5.48 Å². The van der Waals surface area contributed by atoms with Crippen LogP contribution in [0.15, 0.2) is 95.3 Å². The molecular formula is C48H41BN2OS. The fourth-order valence-corrected chi connectivity index (χ4v) is 11.5. The van der Waals surface area contributed by atoms with Crippen LogP contribution in [-0.2, 0) is 25.7 Å². The van der Waals surface area contributed by atoms with Gasteiger partial charge < -0.3 is 14.2 Å². The molecule has 258 valence electrons. The molecule has 5 aromatic carbocycles. The summed E-state index contributed by atoms with van der Waals surface area (Å²) >= 11 is 1.79. The highest BCUT2D eigenvalue weighted by Crippen LogP contribution is 2.55. The fraction of sp³-hybridized carbons (Fsp3) is 0.292. The van der Waals surface area contributed by atoms with Gasteiger partial charge in [0.15, 0.2) is 0 Å². The van der Waals surface area contributed by atoms with E-state index in [0.717, 1.165) is 166 Å². The van der Waals surface area contributed by atoms with E-state index in [4.69, 9.17) is 4.42 Å². The third-order valence-electron chi connectivity index (χ3n) is 13.0. The summed E-state index contributed by atoms with van der Waals surface area (Å²) < 4.78 is 48.1. The smallest absolute Gasteiger partial charge is 0.298 e. The number of fused-ring (bicyclic) bond motifs is 10. The Balaban J connectivity index is 1.18. The molecule has 0 bridgehead atoms. The summed E-state index contributed by atoms with van der Waals surface area (Å²) in [5, 5.41) is 3.33. The Labute approximate surface area is 320 Å². The molecule has 5 heteroatoms. The van der Waals surface area contributed by atoms with Gasteiger partial charge in [-0.3, -0.25) is 0 Å². The van der Waals surface area contributed by atoms with E-state index in [1.54, 1.807) is 11.3 Å². The largest absolute Gasteiger partial charge is 0.468 e. The maximum Gasteiger partial charge on any atom is 0.298 e. The summed E-state index contributed by atoms with van der Waals surface area (Å²) in [6.45, 7) is -0.226. The van der Waals surface area contributed by atoms with Gasteiger partial charge in [-0.05, 0) is 181 Å². The molecule has 4 aliphatic carbocycles.